The first-order valence-electron chi connectivity index (χ1n) is 5.85. The van der Waals surface area contributed by atoms with Crippen molar-refractivity contribution in [3.8, 4) is 10.4 Å². The molecule has 0 saturated heterocycles. The summed E-state index contributed by atoms with van der Waals surface area (Å²) in [6.07, 6.45) is 3.69. The van der Waals surface area contributed by atoms with Gasteiger partial charge in [0.05, 0.1) is 0 Å². The minimum Gasteiger partial charge on any atom is -0.352 e. The van der Waals surface area contributed by atoms with Gasteiger partial charge in [0.1, 0.15) is 0 Å². The summed E-state index contributed by atoms with van der Waals surface area (Å²) in [6, 6.07) is 2.10. The summed E-state index contributed by atoms with van der Waals surface area (Å²) in [6.45, 7) is 6.66. The van der Waals surface area contributed by atoms with Gasteiger partial charge in [-0.3, -0.25) is 0 Å². The van der Waals surface area contributed by atoms with Gasteiger partial charge in [-0.05, 0) is 37.8 Å². The number of anilines is 1. The second-order valence-electron chi connectivity index (χ2n) is 5.07. The number of nitrogens with zero attached hydrogens (tertiary/aromatic N) is 2. The lowest BCUT2D eigenvalue weighted by atomic mass is 10.1. The highest BCUT2D eigenvalue weighted by molar-refractivity contribution is 7.13. The summed E-state index contributed by atoms with van der Waals surface area (Å²) in [5.74, 6) is 0.617. The molecule has 0 aliphatic rings. The van der Waals surface area contributed by atoms with Gasteiger partial charge in [0.25, 0.3) is 0 Å². The molecule has 0 saturated carbocycles. The molecule has 0 radical (unpaired) electrons. The summed E-state index contributed by atoms with van der Waals surface area (Å²) < 4.78 is 0. The van der Waals surface area contributed by atoms with Gasteiger partial charge in [-0.15, -0.1) is 11.3 Å². The predicted molar refractivity (Wildman–Crippen MR) is 76.8 cm³/mol. The van der Waals surface area contributed by atoms with Gasteiger partial charge in [-0.1, -0.05) is 0 Å². The summed E-state index contributed by atoms with van der Waals surface area (Å²) in [5, 5.41) is 5.21. The molecule has 3 N–H and O–H groups in total. The lowest BCUT2D eigenvalue weighted by Crippen LogP contribution is -2.39. The van der Waals surface area contributed by atoms with E-state index in [1.54, 1.807) is 11.3 Å². The molecule has 0 spiro atoms. The average molecular weight is 262 g/mol. The van der Waals surface area contributed by atoms with Crippen LogP contribution in [0, 0.1) is 6.92 Å². The van der Waals surface area contributed by atoms with E-state index in [2.05, 4.69) is 33.7 Å². The molecule has 0 aliphatic carbocycles. The highest BCUT2D eigenvalue weighted by atomic mass is 32.1. The Morgan fingerprint density at radius 2 is 2.00 bits per heavy atom. The van der Waals surface area contributed by atoms with Crippen LogP contribution in [0.5, 0.6) is 0 Å². The maximum absolute atomic E-state index is 5.89. The van der Waals surface area contributed by atoms with Gasteiger partial charge in [-0.2, -0.15) is 0 Å². The molecule has 4 nitrogen and oxygen atoms in total. The normalized spacial score (nSPS) is 11.6. The number of aromatic nitrogens is 2. The fourth-order valence-corrected chi connectivity index (χ4v) is 2.42. The molecule has 0 unspecified atom stereocenters. The second-order valence-corrected chi connectivity index (χ2v) is 5.99. The number of nitrogens with two attached hydrogens (primary N) is 1. The van der Waals surface area contributed by atoms with E-state index in [9.17, 15) is 0 Å². The zero-order chi connectivity index (χ0) is 13.2. The largest absolute Gasteiger partial charge is 0.352 e. The number of nitrogens with one attached hydrogen (secondary N) is 1. The van der Waals surface area contributed by atoms with Crippen LogP contribution in [0.4, 0.5) is 5.95 Å². The molecule has 0 atom stereocenters. The first kappa shape index (κ1) is 13.0. The first-order valence-corrected chi connectivity index (χ1v) is 6.73. The Morgan fingerprint density at radius 1 is 1.33 bits per heavy atom. The van der Waals surface area contributed by atoms with E-state index >= 15 is 0 Å². The number of rotatable bonds is 4. The molecular weight excluding hydrogens is 244 g/mol. The molecule has 0 bridgehead atoms. The highest BCUT2D eigenvalue weighted by Crippen LogP contribution is 2.27. The van der Waals surface area contributed by atoms with Crippen LogP contribution in [0.1, 0.15) is 19.4 Å². The molecule has 0 amide bonds. The number of hydrogen-bond donors (Lipinski definition) is 2. The standard InChI is InChI=1S/C13H18N4S/c1-9-4-5-18-11(9)10-6-15-12(16-7-10)17-8-13(2,3)14/h4-7H,8,14H2,1-3H3,(H,15,16,17). The van der Waals surface area contributed by atoms with E-state index < -0.39 is 0 Å². The van der Waals surface area contributed by atoms with Crippen molar-refractivity contribution in [2.75, 3.05) is 11.9 Å². The fraction of sp³-hybridized carbons (Fsp3) is 0.385. The third-order valence-electron chi connectivity index (χ3n) is 2.48. The Labute approximate surface area is 111 Å². The lowest BCUT2D eigenvalue weighted by Gasteiger charge is -2.18. The summed E-state index contributed by atoms with van der Waals surface area (Å²) >= 11 is 1.71. The van der Waals surface area contributed by atoms with Crippen LogP contribution in [0.15, 0.2) is 23.8 Å². The number of hydrogen-bond acceptors (Lipinski definition) is 5. The Hall–Kier alpha value is -1.46. The molecule has 2 aromatic heterocycles. The first-order chi connectivity index (χ1) is 8.46. The summed E-state index contributed by atoms with van der Waals surface area (Å²) in [7, 11) is 0. The SMILES string of the molecule is Cc1ccsc1-c1cnc(NCC(C)(C)N)nc1. The molecule has 18 heavy (non-hydrogen) atoms. The molecule has 5 heteroatoms. The van der Waals surface area contributed by atoms with Crippen molar-refractivity contribution in [1.82, 2.24) is 9.97 Å². The quantitative estimate of drug-likeness (QED) is 0.889. The van der Waals surface area contributed by atoms with Crippen molar-refractivity contribution < 1.29 is 0 Å². The van der Waals surface area contributed by atoms with E-state index in [1.807, 2.05) is 26.2 Å². The Morgan fingerprint density at radius 3 is 2.50 bits per heavy atom. The van der Waals surface area contributed by atoms with Gasteiger partial charge in [-0.25, -0.2) is 9.97 Å². The zero-order valence-corrected chi connectivity index (χ0v) is 11.7. The van der Waals surface area contributed by atoms with Gasteiger partial charge in [0, 0.05) is 34.9 Å². The number of thiophene rings is 1. The van der Waals surface area contributed by atoms with Crippen LogP contribution in [0.2, 0.25) is 0 Å². The molecule has 0 aliphatic heterocycles. The maximum Gasteiger partial charge on any atom is 0.222 e. The average Bonchev–Trinajstić information content (AvgIpc) is 2.73. The summed E-state index contributed by atoms with van der Waals surface area (Å²) in [4.78, 5) is 9.84. The monoisotopic (exact) mass is 262 g/mol. The van der Waals surface area contributed by atoms with E-state index in [0.29, 0.717) is 12.5 Å². The van der Waals surface area contributed by atoms with Crippen LogP contribution >= 0.6 is 11.3 Å². The van der Waals surface area contributed by atoms with Gasteiger partial charge >= 0.3 is 0 Å². The van der Waals surface area contributed by atoms with Crippen LogP contribution < -0.4 is 11.1 Å². The Bertz CT molecular complexity index is 511. The maximum atomic E-state index is 5.89. The van der Waals surface area contributed by atoms with Crippen molar-refractivity contribution in [3.63, 3.8) is 0 Å². The van der Waals surface area contributed by atoms with Crippen LogP contribution in [0.25, 0.3) is 10.4 Å². The molecular formula is C13H18N4S. The second kappa shape index (κ2) is 5.04. The van der Waals surface area contributed by atoms with E-state index in [1.165, 1.54) is 10.4 Å². The Balaban J connectivity index is 2.09. The van der Waals surface area contributed by atoms with Crippen molar-refractivity contribution in [2.24, 2.45) is 5.73 Å². The molecule has 2 aromatic rings. The Kier molecular flexibility index (Phi) is 3.63. The predicted octanol–water partition coefficient (Wildman–Crippen LogP) is 2.66. The molecule has 2 heterocycles. The van der Waals surface area contributed by atoms with Crippen LogP contribution in [0.3, 0.4) is 0 Å². The topological polar surface area (TPSA) is 63.8 Å². The molecule has 96 valence electrons. The van der Waals surface area contributed by atoms with Crippen molar-refractivity contribution in [3.05, 3.63) is 29.4 Å². The van der Waals surface area contributed by atoms with Crippen LogP contribution in [-0.4, -0.2) is 22.1 Å². The van der Waals surface area contributed by atoms with Crippen molar-refractivity contribution >= 4 is 17.3 Å². The third-order valence-corrected chi connectivity index (χ3v) is 3.54. The van der Waals surface area contributed by atoms with Crippen molar-refractivity contribution in [1.29, 1.82) is 0 Å². The van der Waals surface area contributed by atoms with Crippen LogP contribution in [-0.2, 0) is 0 Å². The lowest BCUT2D eigenvalue weighted by molar-refractivity contribution is 0.547. The third kappa shape index (κ3) is 3.27. The van der Waals surface area contributed by atoms with Gasteiger partial charge in [0.15, 0.2) is 0 Å². The van der Waals surface area contributed by atoms with E-state index in [4.69, 9.17) is 5.73 Å². The minimum atomic E-state index is -0.271. The zero-order valence-electron chi connectivity index (χ0n) is 10.9. The molecule has 0 aromatic carbocycles. The molecule has 0 fully saturated rings. The van der Waals surface area contributed by atoms with Crippen molar-refractivity contribution in [2.45, 2.75) is 26.3 Å². The minimum absolute atomic E-state index is 0.271. The van der Waals surface area contributed by atoms with E-state index in [0.717, 1.165) is 5.56 Å². The highest BCUT2D eigenvalue weighted by Gasteiger charge is 2.11. The smallest absolute Gasteiger partial charge is 0.222 e. The molecule has 2 rings (SSSR count). The fourth-order valence-electron chi connectivity index (χ4n) is 1.51. The number of aryl methyl sites for hydroxylation is 1. The summed E-state index contributed by atoms with van der Waals surface area (Å²) in [5.41, 5.74) is 7.93. The van der Waals surface area contributed by atoms with Gasteiger partial charge in [0.2, 0.25) is 5.95 Å². The van der Waals surface area contributed by atoms with Gasteiger partial charge < -0.3 is 11.1 Å². The van der Waals surface area contributed by atoms with E-state index in [-0.39, 0.29) is 5.54 Å².